The summed E-state index contributed by atoms with van der Waals surface area (Å²) >= 11 is -2.10. The van der Waals surface area contributed by atoms with Gasteiger partial charge in [-0.25, -0.2) is 9.97 Å². The molecule has 4 aromatic carbocycles. The SMILES string of the molecule is C1=Cc2cc3ccc(cc4nc(cc5ccc(cc1n2)[nH]5)C=C4)[nH]3.COc1cccc[c]1[Cu]([c]1ccccc1OC)([c]1ccccc1OC)[c]1ccccc1OC. The molecule has 8 bridgehead atoms. The number of aromatic amines is 2. The molecule has 9 heteroatoms. The van der Waals surface area contributed by atoms with Gasteiger partial charge >= 0.3 is 198 Å². The van der Waals surface area contributed by atoms with E-state index in [1.807, 2.05) is 121 Å². The Kier molecular flexibility index (Phi) is 10.8. The molecule has 5 heterocycles. The number of hydrogen-bond donors (Lipinski definition) is 2. The molecule has 0 saturated heterocycles. The van der Waals surface area contributed by atoms with Gasteiger partial charge in [-0.1, -0.05) is 0 Å². The summed E-state index contributed by atoms with van der Waals surface area (Å²) in [5.41, 5.74) is 7.86. The molecule has 0 radical (unpaired) electrons. The van der Waals surface area contributed by atoms with Gasteiger partial charge in [-0.15, -0.1) is 0 Å². The minimum absolute atomic E-state index is 0.785. The van der Waals surface area contributed by atoms with Crippen LogP contribution in [0.2, 0.25) is 0 Å². The van der Waals surface area contributed by atoms with Crippen LogP contribution in [0.5, 0.6) is 23.0 Å². The Balaban J connectivity index is 0.000000167. The van der Waals surface area contributed by atoms with Crippen molar-refractivity contribution >= 4 is 64.2 Å². The summed E-state index contributed by atoms with van der Waals surface area (Å²) in [6.07, 6.45) is 8.09. The van der Waals surface area contributed by atoms with Crippen LogP contribution in [0.1, 0.15) is 22.8 Å². The molecule has 2 aliphatic heterocycles. The van der Waals surface area contributed by atoms with Gasteiger partial charge in [0, 0.05) is 22.1 Å². The zero-order valence-corrected chi connectivity index (χ0v) is 32.9. The zero-order valence-electron chi connectivity index (χ0n) is 32.0. The van der Waals surface area contributed by atoms with Crippen molar-refractivity contribution in [2.75, 3.05) is 28.4 Å². The second-order valence-electron chi connectivity index (χ2n) is 12.7. The molecular weight excluding hydrogens is 760 g/mol. The minimum atomic E-state index is -2.10. The van der Waals surface area contributed by atoms with Crippen LogP contribution >= 0.6 is 0 Å². The number of H-pyrrole nitrogens is 2. The van der Waals surface area contributed by atoms with Crippen molar-refractivity contribution in [2.45, 2.75) is 0 Å². The van der Waals surface area contributed by atoms with Crippen LogP contribution in [0.15, 0.2) is 146 Å². The summed E-state index contributed by atoms with van der Waals surface area (Å²) in [6.45, 7) is 0. The molecule has 2 N–H and O–H groups in total. The fourth-order valence-electron chi connectivity index (χ4n) is 6.57. The van der Waals surface area contributed by atoms with Gasteiger partial charge in [0.2, 0.25) is 0 Å². The number of nitrogens with zero attached hydrogens (tertiary/aromatic N) is 2. The summed E-state index contributed by atoms with van der Waals surface area (Å²) in [7, 11) is 6.81. The third kappa shape index (κ3) is 7.46. The summed E-state index contributed by atoms with van der Waals surface area (Å²) in [4.78, 5) is 16.0. The number of methoxy groups -OCH3 is 4. The van der Waals surface area contributed by atoms with Crippen molar-refractivity contribution in [3.05, 3.63) is 168 Å². The molecule has 0 amide bonds. The first-order chi connectivity index (χ1) is 28.0. The molecule has 2 aliphatic rings. The third-order valence-electron chi connectivity index (χ3n) is 9.12. The summed E-state index contributed by atoms with van der Waals surface area (Å²) in [5.74, 6) is 3.14. The Hall–Kier alpha value is -6.80. The number of fused-ring (bicyclic) bond motifs is 8. The molecule has 0 aliphatic carbocycles. The Morgan fingerprint density at radius 2 is 0.596 bits per heavy atom. The van der Waals surface area contributed by atoms with Crippen molar-refractivity contribution in [1.82, 2.24) is 19.9 Å². The molecule has 0 saturated carbocycles. The van der Waals surface area contributed by atoms with E-state index in [4.69, 9.17) is 18.9 Å². The van der Waals surface area contributed by atoms with Crippen molar-refractivity contribution in [3.8, 4) is 23.0 Å². The van der Waals surface area contributed by atoms with Gasteiger partial charge in [-0.3, -0.25) is 0 Å². The maximum atomic E-state index is 5.93. The van der Waals surface area contributed by atoms with Crippen LogP contribution in [-0.4, -0.2) is 48.4 Å². The number of aromatic nitrogens is 4. The van der Waals surface area contributed by atoms with Crippen molar-refractivity contribution in [1.29, 1.82) is 0 Å². The van der Waals surface area contributed by atoms with E-state index in [2.05, 4.69) is 68.5 Å². The Labute approximate surface area is 334 Å². The Bertz CT molecular complexity index is 2420. The maximum absolute atomic E-state index is 5.93. The van der Waals surface area contributed by atoms with E-state index in [0.29, 0.717) is 0 Å². The van der Waals surface area contributed by atoms with Crippen LogP contribution in [0.25, 0.3) is 46.4 Å². The molecule has 7 aromatic rings. The molecule has 0 atom stereocenters. The number of ether oxygens (including phenoxy) is 4. The monoisotopic (exact) mass is 801 g/mol. The van der Waals surface area contributed by atoms with Crippen LogP contribution in [0, 0.1) is 0 Å². The number of nitrogens with one attached hydrogen (secondary N) is 2. The first-order valence-electron chi connectivity index (χ1n) is 18.2. The van der Waals surface area contributed by atoms with E-state index in [1.54, 1.807) is 28.4 Å². The van der Waals surface area contributed by atoms with Crippen LogP contribution in [0.3, 0.4) is 0 Å². The number of hydrogen-bond acceptors (Lipinski definition) is 6. The summed E-state index contributed by atoms with van der Waals surface area (Å²) < 4.78 is 27.8. The number of benzene rings is 4. The second kappa shape index (κ2) is 16.5. The summed E-state index contributed by atoms with van der Waals surface area (Å²) in [6, 6.07) is 48.9. The first-order valence-corrected chi connectivity index (χ1v) is 20.1. The molecule has 0 fully saturated rings. The van der Waals surface area contributed by atoms with E-state index in [0.717, 1.165) is 85.7 Å². The number of para-hydroxylation sites is 4. The topological polar surface area (TPSA) is 94.3 Å². The van der Waals surface area contributed by atoms with Crippen molar-refractivity contribution < 1.29 is 31.8 Å². The summed E-state index contributed by atoms with van der Waals surface area (Å²) in [5, 5.41) is 0. The van der Waals surface area contributed by atoms with Crippen molar-refractivity contribution in [2.24, 2.45) is 0 Å². The zero-order chi connectivity index (χ0) is 39.2. The molecule has 0 spiro atoms. The van der Waals surface area contributed by atoms with Gasteiger partial charge in [0.05, 0.1) is 22.8 Å². The van der Waals surface area contributed by atoms with E-state index >= 15 is 0 Å². The molecule has 8 nitrogen and oxygen atoms in total. The van der Waals surface area contributed by atoms with Gasteiger partial charge in [-0.05, 0) is 72.8 Å². The van der Waals surface area contributed by atoms with Crippen molar-refractivity contribution in [3.63, 3.8) is 0 Å². The van der Waals surface area contributed by atoms with E-state index in [9.17, 15) is 0 Å². The van der Waals surface area contributed by atoms with E-state index < -0.39 is 12.8 Å². The van der Waals surface area contributed by atoms with Gasteiger partial charge < -0.3 is 9.97 Å². The predicted molar refractivity (Wildman–Crippen MR) is 229 cm³/mol. The quantitative estimate of drug-likeness (QED) is 0.151. The average Bonchev–Trinajstić information content (AvgIpc) is 4.09. The molecular formula is C48H42CuN4O4. The number of rotatable bonds is 8. The Morgan fingerprint density at radius 1 is 0.351 bits per heavy atom. The van der Waals surface area contributed by atoms with Gasteiger partial charge in [0.25, 0.3) is 0 Å². The fraction of sp³-hybridized carbons (Fsp3) is 0.0833. The molecule has 3 aromatic heterocycles. The molecule has 9 rings (SSSR count). The van der Waals surface area contributed by atoms with Crippen LogP contribution < -0.4 is 36.8 Å². The second-order valence-corrected chi connectivity index (χ2v) is 16.2. The standard InChI is InChI=1S/C20H14N4.4C7H7O.Cu/c1-2-14-10-16-5-6-18(23-16)12-20-8-7-19(24-20)11-17-4-3-15(22-17)9-13(1)21-14;4*1-8-7-5-3-2-4-6-7;/h1-12,21,24H;4*2-5H,1H3;. The van der Waals surface area contributed by atoms with Crippen LogP contribution in [-0.2, 0) is 12.8 Å². The third-order valence-corrected chi connectivity index (χ3v) is 13.7. The predicted octanol–water partition coefficient (Wildman–Crippen LogP) is 8.13. The molecule has 289 valence electrons. The molecule has 57 heavy (non-hydrogen) atoms. The van der Waals surface area contributed by atoms with Crippen LogP contribution in [0.4, 0.5) is 0 Å². The average molecular weight is 802 g/mol. The Morgan fingerprint density at radius 3 is 0.842 bits per heavy atom. The fourth-order valence-corrected chi connectivity index (χ4v) is 11.6. The van der Waals surface area contributed by atoms with E-state index in [1.165, 1.54) is 0 Å². The van der Waals surface area contributed by atoms with Gasteiger partial charge in [0.15, 0.2) is 0 Å². The normalized spacial score (nSPS) is 12.0. The molecule has 0 unspecified atom stereocenters. The van der Waals surface area contributed by atoms with E-state index in [-0.39, 0.29) is 0 Å². The first kappa shape index (κ1) is 37.1. The van der Waals surface area contributed by atoms with Gasteiger partial charge in [0.1, 0.15) is 0 Å². The van der Waals surface area contributed by atoms with Gasteiger partial charge in [-0.2, -0.15) is 0 Å².